The van der Waals surface area contributed by atoms with E-state index in [1.54, 1.807) is 6.07 Å². The van der Waals surface area contributed by atoms with E-state index < -0.39 is 0 Å². The number of aliphatic hydroxyl groups is 1. The Balaban J connectivity index is 0.000000230. The van der Waals surface area contributed by atoms with Crippen LogP contribution in [0, 0.1) is 25.2 Å². The van der Waals surface area contributed by atoms with Crippen molar-refractivity contribution in [3.63, 3.8) is 0 Å². The number of carbonyl (C=O) groups is 2. The van der Waals surface area contributed by atoms with Crippen LogP contribution in [0.15, 0.2) is 97.5 Å². The molecule has 0 unspecified atom stereocenters. The maximum Gasteiger partial charge on any atom is 1.00 e. The van der Waals surface area contributed by atoms with Crippen molar-refractivity contribution >= 4 is 33.9 Å². The molecule has 6 heteroatoms. The Morgan fingerprint density at radius 1 is 0.576 bits per heavy atom. The Kier molecular flexibility index (Phi) is 16.5. The number of hydrogen-bond acceptors (Lipinski definition) is 5. The first kappa shape index (κ1) is 52.9. The van der Waals surface area contributed by atoms with E-state index in [9.17, 15) is 19.8 Å². The molecule has 0 bridgehead atoms. The normalized spacial score (nSPS) is 18.8. The SMILES string of the molecule is C=C(c1ccc(C2=C(O)CCCC2=O)cc1)c1cc2c(cc1C)C(C)(C)CCC2(C)C.C=C(c1ccc(C2=C([O-])CCCC2=O)cc1)c1cc2c(cc1C)C(C)(C)CCC2(C)C.CC#N.[K+]. The predicted octanol–water partition coefficient (Wildman–Crippen LogP) is 11.2. The molecule has 4 aromatic carbocycles. The van der Waals surface area contributed by atoms with E-state index in [1.165, 1.54) is 77.1 Å². The van der Waals surface area contributed by atoms with Gasteiger partial charge in [0.05, 0.1) is 11.6 Å². The van der Waals surface area contributed by atoms with Crippen molar-refractivity contribution in [1.29, 1.82) is 5.26 Å². The summed E-state index contributed by atoms with van der Waals surface area (Å²) in [6, 6.07) is 26.9. The van der Waals surface area contributed by atoms with Crippen molar-refractivity contribution in [1.82, 2.24) is 0 Å². The van der Waals surface area contributed by atoms with Crippen LogP contribution in [-0.2, 0) is 31.2 Å². The summed E-state index contributed by atoms with van der Waals surface area (Å²) < 4.78 is 0. The van der Waals surface area contributed by atoms with Gasteiger partial charge in [-0.05, 0) is 158 Å². The first-order chi connectivity index (χ1) is 30.4. The predicted molar refractivity (Wildman–Crippen MR) is 268 cm³/mol. The molecule has 5 nitrogen and oxygen atoms in total. The van der Waals surface area contributed by atoms with E-state index in [-0.39, 0.29) is 96.1 Å². The minimum atomic E-state index is -0.0294. The molecule has 4 aromatic rings. The molecule has 0 aliphatic heterocycles. The summed E-state index contributed by atoms with van der Waals surface area (Å²) in [4.78, 5) is 24.6. The standard InChI is InChI=1S/2C29H34O2.C2H3N.K/c2*1-18-16-23-24(29(5,6)15-14-28(23,3)4)17-22(18)19(2)20-10-12-21(13-11-20)27-25(30)8-7-9-26(27)31;1-2-3;/h2*10-13,16-17,30H,2,7-9,14-15H2,1,3-6H3;1H3;/q;;;+1/p-1. The van der Waals surface area contributed by atoms with E-state index in [0.717, 1.165) is 39.8 Å². The Morgan fingerprint density at radius 3 is 1.24 bits per heavy atom. The first-order valence-electron chi connectivity index (χ1n) is 23.5. The average Bonchev–Trinajstić information content (AvgIpc) is 3.24. The number of aryl methyl sites for hydroxylation is 2. The van der Waals surface area contributed by atoms with Crippen LogP contribution in [0.1, 0.15) is 193 Å². The van der Waals surface area contributed by atoms with Gasteiger partial charge in [-0.2, -0.15) is 5.26 Å². The van der Waals surface area contributed by atoms with Gasteiger partial charge >= 0.3 is 51.4 Å². The summed E-state index contributed by atoms with van der Waals surface area (Å²) in [5.41, 5.74) is 17.8. The van der Waals surface area contributed by atoms with Crippen molar-refractivity contribution in [2.75, 3.05) is 0 Å². The summed E-state index contributed by atoms with van der Waals surface area (Å²) >= 11 is 0. The zero-order valence-corrected chi connectivity index (χ0v) is 45.2. The van der Waals surface area contributed by atoms with Crippen LogP contribution in [0.4, 0.5) is 0 Å². The number of benzene rings is 4. The van der Waals surface area contributed by atoms with Crippen LogP contribution in [-0.4, -0.2) is 16.7 Å². The fourth-order valence-corrected chi connectivity index (χ4v) is 10.4. The molecule has 0 saturated carbocycles. The van der Waals surface area contributed by atoms with Crippen molar-refractivity contribution in [3.05, 3.63) is 164 Å². The fourth-order valence-electron chi connectivity index (χ4n) is 10.4. The largest absolute Gasteiger partial charge is 1.00 e. The third-order valence-corrected chi connectivity index (χ3v) is 14.8. The van der Waals surface area contributed by atoms with Gasteiger partial charge in [-0.25, -0.2) is 0 Å². The second-order valence-corrected chi connectivity index (χ2v) is 21.5. The van der Waals surface area contributed by atoms with E-state index >= 15 is 0 Å². The minimum Gasteiger partial charge on any atom is -0.875 e. The summed E-state index contributed by atoms with van der Waals surface area (Å²) in [7, 11) is 0. The third-order valence-electron chi connectivity index (χ3n) is 14.8. The van der Waals surface area contributed by atoms with Gasteiger partial charge in [0.25, 0.3) is 0 Å². The van der Waals surface area contributed by atoms with Gasteiger partial charge < -0.3 is 10.2 Å². The number of nitriles is 1. The molecule has 0 fully saturated rings. The van der Waals surface area contributed by atoms with Crippen LogP contribution in [0.5, 0.6) is 0 Å². The van der Waals surface area contributed by atoms with E-state index in [2.05, 4.69) is 107 Å². The topological polar surface area (TPSA) is 101 Å². The van der Waals surface area contributed by atoms with E-state index in [4.69, 9.17) is 5.26 Å². The number of rotatable bonds is 6. The number of aliphatic hydroxyl groups excluding tert-OH is 1. The maximum absolute atomic E-state index is 12.3. The number of allylic oxidation sites excluding steroid dienone is 4. The Hall–Kier alpha value is -4.09. The molecular formula is C60H70KNO4. The van der Waals surface area contributed by atoms with Crippen LogP contribution < -0.4 is 56.5 Å². The number of Topliss-reactive ketones (excluding diaryl/α,β-unsaturated/α-hetero) is 2. The summed E-state index contributed by atoms with van der Waals surface area (Å²) in [6.45, 7) is 33.4. The van der Waals surface area contributed by atoms with Gasteiger partial charge in [0, 0.05) is 31.8 Å². The number of carbonyl (C=O) groups excluding carboxylic acids is 2. The number of ketones is 2. The van der Waals surface area contributed by atoms with Crippen molar-refractivity contribution in [2.45, 2.75) is 162 Å². The van der Waals surface area contributed by atoms with Gasteiger partial charge in [-0.15, -0.1) is 5.76 Å². The van der Waals surface area contributed by atoms with Crippen LogP contribution in [0.2, 0.25) is 0 Å². The fraction of sp³-hybridized carbons (Fsp3) is 0.417. The monoisotopic (exact) mass is 907 g/mol. The number of nitrogens with zero attached hydrogens (tertiary/aromatic N) is 1. The first-order valence-corrected chi connectivity index (χ1v) is 23.5. The molecule has 0 atom stereocenters. The molecule has 0 radical (unpaired) electrons. The van der Waals surface area contributed by atoms with Crippen molar-refractivity contribution in [2.24, 2.45) is 0 Å². The molecule has 0 aromatic heterocycles. The molecule has 0 amide bonds. The molecule has 4 aliphatic carbocycles. The average molecular weight is 908 g/mol. The van der Waals surface area contributed by atoms with Gasteiger partial charge in [0.1, 0.15) is 5.76 Å². The Labute approximate surface area is 438 Å². The van der Waals surface area contributed by atoms with Crippen LogP contribution >= 0.6 is 0 Å². The minimum absolute atomic E-state index is 0. The number of fused-ring (bicyclic) bond motifs is 2. The smallest absolute Gasteiger partial charge is 0.875 e. The van der Waals surface area contributed by atoms with Gasteiger partial charge in [-0.1, -0.05) is 141 Å². The second kappa shape index (κ2) is 20.6. The third kappa shape index (κ3) is 10.9. The Morgan fingerprint density at radius 2 is 0.894 bits per heavy atom. The summed E-state index contributed by atoms with van der Waals surface area (Å²) in [5.74, 6) is 0.195. The van der Waals surface area contributed by atoms with E-state index in [0.29, 0.717) is 43.3 Å². The maximum atomic E-state index is 12.3. The molecular weight excluding hydrogens is 838 g/mol. The quantitative estimate of drug-likeness (QED) is 0.194. The number of hydrogen-bond donors (Lipinski definition) is 1. The molecule has 0 heterocycles. The van der Waals surface area contributed by atoms with Crippen molar-refractivity contribution in [3.8, 4) is 6.07 Å². The zero-order valence-electron chi connectivity index (χ0n) is 42.0. The van der Waals surface area contributed by atoms with Gasteiger partial charge in [-0.3, -0.25) is 9.59 Å². The van der Waals surface area contributed by atoms with Gasteiger partial charge in [0.2, 0.25) is 0 Å². The molecule has 1 N–H and O–H groups in total. The summed E-state index contributed by atoms with van der Waals surface area (Å²) in [6.07, 6.45) is 8.19. The molecule has 340 valence electrons. The second-order valence-electron chi connectivity index (χ2n) is 21.5. The molecule has 0 spiro atoms. The van der Waals surface area contributed by atoms with E-state index in [1.807, 2.05) is 48.5 Å². The Bertz CT molecular complexity index is 2480. The molecule has 0 saturated heterocycles. The summed E-state index contributed by atoms with van der Waals surface area (Å²) in [5, 5.41) is 29.8. The van der Waals surface area contributed by atoms with Gasteiger partial charge in [0.15, 0.2) is 11.6 Å². The molecule has 66 heavy (non-hydrogen) atoms. The molecule has 8 rings (SSSR count). The van der Waals surface area contributed by atoms with Crippen molar-refractivity contribution < 1.29 is 71.2 Å². The van der Waals surface area contributed by atoms with Crippen LogP contribution in [0.25, 0.3) is 22.3 Å². The van der Waals surface area contributed by atoms with Crippen LogP contribution in [0.3, 0.4) is 0 Å². The zero-order chi connectivity index (χ0) is 47.8. The molecule has 4 aliphatic rings.